The molecule has 186 valence electrons. The average molecular weight is 486 g/mol. The van der Waals surface area contributed by atoms with Gasteiger partial charge in [-0.05, 0) is 68.4 Å². The molecule has 0 amide bonds. The molecule has 2 aromatic carbocycles. The molecule has 0 aliphatic heterocycles. The SMILES string of the molecule is C=CC[C@]1(N)CC[C@@](CO[C@H](C)c2cc(C(F)(F)F)cc(C(F)(F)F)c2)(c2ccccc2)CC1. The number of benzene rings is 2. The smallest absolute Gasteiger partial charge is 0.373 e. The molecule has 2 aromatic rings. The quantitative estimate of drug-likeness (QED) is 0.324. The minimum Gasteiger partial charge on any atom is -0.373 e. The minimum atomic E-state index is -4.90. The lowest BCUT2D eigenvalue weighted by molar-refractivity contribution is -0.143. The number of ether oxygens (including phenoxy) is 1. The monoisotopic (exact) mass is 485 g/mol. The van der Waals surface area contributed by atoms with Gasteiger partial charge < -0.3 is 10.5 Å². The average Bonchev–Trinajstić information content (AvgIpc) is 2.78. The Kier molecular flexibility index (Phi) is 7.53. The summed E-state index contributed by atoms with van der Waals surface area (Å²) in [6.07, 6.45) is -5.54. The predicted octanol–water partition coefficient (Wildman–Crippen LogP) is 7.59. The number of rotatable bonds is 7. The van der Waals surface area contributed by atoms with Crippen molar-refractivity contribution in [2.45, 2.75) is 68.4 Å². The van der Waals surface area contributed by atoms with Crippen LogP contribution in [0.3, 0.4) is 0 Å². The Morgan fingerprint density at radius 3 is 1.94 bits per heavy atom. The van der Waals surface area contributed by atoms with Crippen LogP contribution in [0.15, 0.2) is 61.2 Å². The number of nitrogens with two attached hydrogens (primary N) is 1. The van der Waals surface area contributed by atoms with E-state index in [0.29, 0.717) is 32.1 Å². The van der Waals surface area contributed by atoms with Gasteiger partial charge in [-0.1, -0.05) is 36.4 Å². The summed E-state index contributed by atoms with van der Waals surface area (Å²) >= 11 is 0. The predicted molar refractivity (Wildman–Crippen MR) is 119 cm³/mol. The Morgan fingerprint density at radius 1 is 0.941 bits per heavy atom. The first-order valence-electron chi connectivity index (χ1n) is 11.1. The number of halogens is 6. The van der Waals surface area contributed by atoms with Gasteiger partial charge in [-0.15, -0.1) is 6.58 Å². The van der Waals surface area contributed by atoms with Gasteiger partial charge >= 0.3 is 12.4 Å². The molecule has 2 nitrogen and oxygen atoms in total. The van der Waals surface area contributed by atoms with Crippen LogP contribution in [0.25, 0.3) is 0 Å². The molecule has 1 saturated carbocycles. The Morgan fingerprint density at radius 2 is 1.47 bits per heavy atom. The molecule has 1 aliphatic carbocycles. The molecule has 2 N–H and O–H groups in total. The first kappa shape index (κ1) is 26.3. The van der Waals surface area contributed by atoms with E-state index < -0.39 is 35.0 Å². The molecule has 0 heterocycles. The summed E-state index contributed by atoms with van der Waals surface area (Å²) in [7, 11) is 0. The molecule has 0 aromatic heterocycles. The largest absolute Gasteiger partial charge is 0.416 e. The Bertz CT molecular complexity index is 943. The Balaban J connectivity index is 1.87. The van der Waals surface area contributed by atoms with Crippen molar-refractivity contribution >= 4 is 0 Å². The lowest BCUT2D eigenvalue weighted by Gasteiger charge is -2.45. The first-order chi connectivity index (χ1) is 15.8. The summed E-state index contributed by atoms with van der Waals surface area (Å²) < 4.78 is 85.6. The van der Waals surface area contributed by atoms with E-state index in [2.05, 4.69) is 6.58 Å². The van der Waals surface area contributed by atoms with Crippen molar-refractivity contribution in [2.24, 2.45) is 5.73 Å². The summed E-state index contributed by atoms with van der Waals surface area (Å²) in [5, 5.41) is 0. The van der Waals surface area contributed by atoms with Crippen molar-refractivity contribution in [3.63, 3.8) is 0 Å². The van der Waals surface area contributed by atoms with Gasteiger partial charge in [0.1, 0.15) is 0 Å². The van der Waals surface area contributed by atoms with E-state index in [1.54, 1.807) is 6.08 Å². The molecule has 0 saturated heterocycles. The zero-order valence-electron chi connectivity index (χ0n) is 19.0. The van der Waals surface area contributed by atoms with Gasteiger partial charge in [0.15, 0.2) is 0 Å². The number of hydrogen-bond acceptors (Lipinski definition) is 2. The first-order valence-corrected chi connectivity index (χ1v) is 11.1. The standard InChI is InChI=1S/C26H29F6NO/c1-3-9-24(33)12-10-23(11-13-24,20-7-5-4-6-8-20)17-34-18(2)19-14-21(25(27,28)29)16-22(15-19)26(30,31)32/h3-8,14-16,18H,1,9-13,17,33H2,2H3/t18-,23-,24+/m1/s1. The highest BCUT2D eigenvalue weighted by Crippen LogP contribution is 2.45. The maximum Gasteiger partial charge on any atom is 0.416 e. The van der Waals surface area contributed by atoms with Gasteiger partial charge in [-0.2, -0.15) is 26.3 Å². The molecule has 0 spiro atoms. The second kappa shape index (κ2) is 9.74. The highest BCUT2D eigenvalue weighted by atomic mass is 19.4. The summed E-state index contributed by atoms with van der Waals surface area (Å²) in [4.78, 5) is 0. The fraction of sp³-hybridized carbons (Fsp3) is 0.462. The molecule has 1 aliphatic rings. The summed E-state index contributed by atoms with van der Waals surface area (Å²) in [6.45, 7) is 5.40. The number of alkyl halides is 6. The Hall–Kier alpha value is -2.32. The van der Waals surface area contributed by atoms with Crippen LogP contribution in [0.2, 0.25) is 0 Å². The van der Waals surface area contributed by atoms with Crippen LogP contribution < -0.4 is 5.73 Å². The molecule has 0 unspecified atom stereocenters. The molecule has 1 atom stereocenters. The van der Waals surface area contributed by atoms with Crippen LogP contribution in [0.1, 0.15) is 67.4 Å². The van der Waals surface area contributed by atoms with Crippen molar-refractivity contribution in [2.75, 3.05) is 6.61 Å². The molecule has 0 radical (unpaired) electrons. The molecular weight excluding hydrogens is 456 g/mol. The highest BCUT2D eigenvalue weighted by molar-refractivity contribution is 5.35. The van der Waals surface area contributed by atoms with E-state index in [4.69, 9.17) is 10.5 Å². The van der Waals surface area contributed by atoms with Crippen LogP contribution in [-0.2, 0) is 22.5 Å². The molecule has 0 bridgehead atoms. The molecule has 3 rings (SSSR count). The minimum absolute atomic E-state index is 0.128. The zero-order valence-corrected chi connectivity index (χ0v) is 19.0. The van der Waals surface area contributed by atoms with E-state index in [0.717, 1.165) is 17.7 Å². The second-order valence-electron chi connectivity index (χ2n) is 9.29. The summed E-state index contributed by atoms with van der Waals surface area (Å²) in [6, 6.07) is 11.2. The van der Waals surface area contributed by atoms with Crippen LogP contribution in [0.5, 0.6) is 0 Å². The van der Waals surface area contributed by atoms with Crippen LogP contribution in [0, 0.1) is 0 Å². The van der Waals surface area contributed by atoms with Gasteiger partial charge in [0.25, 0.3) is 0 Å². The number of hydrogen-bond donors (Lipinski definition) is 1. The summed E-state index contributed by atoms with van der Waals surface area (Å²) in [5.41, 5.74) is 3.85. The maximum atomic E-state index is 13.3. The van der Waals surface area contributed by atoms with E-state index >= 15 is 0 Å². The van der Waals surface area contributed by atoms with Crippen molar-refractivity contribution < 1.29 is 31.1 Å². The van der Waals surface area contributed by atoms with E-state index in [-0.39, 0.29) is 23.8 Å². The third-order valence-corrected chi connectivity index (χ3v) is 6.83. The third-order valence-electron chi connectivity index (χ3n) is 6.83. The molecular formula is C26H29F6NO. The van der Waals surface area contributed by atoms with Crippen LogP contribution in [-0.4, -0.2) is 12.1 Å². The Labute approximate surface area is 195 Å². The molecule has 34 heavy (non-hydrogen) atoms. The fourth-order valence-electron chi connectivity index (χ4n) is 4.62. The zero-order chi connectivity index (χ0) is 25.2. The highest BCUT2D eigenvalue weighted by Gasteiger charge is 2.42. The van der Waals surface area contributed by atoms with E-state index in [9.17, 15) is 26.3 Å². The fourth-order valence-corrected chi connectivity index (χ4v) is 4.62. The molecule has 1 fully saturated rings. The van der Waals surface area contributed by atoms with Gasteiger partial charge in [-0.25, -0.2) is 0 Å². The topological polar surface area (TPSA) is 35.2 Å². The van der Waals surface area contributed by atoms with Crippen molar-refractivity contribution in [1.29, 1.82) is 0 Å². The summed E-state index contributed by atoms with van der Waals surface area (Å²) in [5.74, 6) is 0. The van der Waals surface area contributed by atoms with Crippen molar-refractivity contribution in [3.05, 3.63) is 83.4 Å². The van der Waals surface area contributed by atoms with E-state index in [1.165, 1.54) is 6.92 Å². The third kappa shape index (κ3) is 6.02. The normalized spacial score (nSPS) is 24.6. The van der Waals surface area contributed by atoms with Gasteiger partial charge in [0.2, 0.25) is 0 Å². The van der Waals surface area contributed by atoms with E-state index in [1.807, 2.05) is 30.3 Å². The lowest BCUT2D eigenvalue weighted by atomic mass is 9.64. The second-order valence-corrected chi connectivity index (χ2v) is 9.29. The van der Waals surface area contributed by atoms with Gasteiger partial charge in [-0.3, -0.25) is 0 Å². The molecule has 8 heteroatoms. The van der Waals surface area contributed by atoms with Crippen molar-refractivity contribution in [3.8, 4) is 0 Å². The lowest BCUT2D eigenvalue weighted by Crippen LogP contribution is -2.48. The maximum absolute atomic E-state index is 13.3. The van der Waals surface area contributed by atoms with Crippen LogP contribution in [0.4, 0.5) is 26.3 Å². The van der Waals surface area contributed by atoms with Crippen LogP contribution >= 0.6 is 0 Å². The van der Waals surface area contributed by atoms with Crippen molar-refractivity contribution in [1.82, 2.24) is 0 Å². The van der Waals surface area contributed by atoms with Gasteiger partial charge in [0.05, 0.1) is 23.8 Å². The van der Waals surface area contributed by atoms with Gasteiger partial charge in [0, 0.05) is 11.0 Å².